The van der Waals surface area contributed by atoms with Crippen molar-refractivity contribution < 1.29 is 14.4 Å². The maximum Gasteiger partial charge on any atom is 0.120 e. The van der Waals surface area contributed by atoms with E-state index in [1.807, 2.05) is 24.3 Å². The summed E-state index contributed by atoms with van der Waals surface area (Å²) >= 11 is 5.92. The first kappa shape index (κ1) is 15.6. The standard InChI is InChI=1S/C16H24ClNO2/c1-13-11-18(12-14(2)20-13)8-3-4-9-19-16-7-5-6-15(17)10-16/h5-7,10,13-14H,3-4,8-9,11-12H2,1-2H3/p+1/t13-,14-/m1/s1. The van der Waals surface area contributed by atoms with E-state index in [4.69, 9.17) is 21.1 Å². The van der Waals surface area contributed by atoms with Crippen LogP contribution in [0.25, 0.3) is 0 Å². The molecule has 1 aromatic carbocycles. The Balaban J connectivity index is 1.59. The molecular weight excluding hydrogens is 274 g/mol. The number of nitrogens with one attached hydrogen (secondary N) is 1. The van der Waals surface area contributed by atoms with Gasteiger partial charge in [0.2, 0.25) is 0 Å². The highest BCUT2D eigenvalue weighted by molar-refractivity contribution is 6.30. The van der Waals surface area contributed by atoms with Gasteiger partial charge >= 0.3 is 0 Å². The zero-order valence-corrected chi connectivity index (χ0v) is 13.2. The molecule has 0 unspecified atom stereocenters. The highest BCUT2D eigenvalue weighted by atomic mass is 35.5. The van der Waals surface area contributed by atoms with E-state index in [0.29, 0.717) is 12.2 Å². The molecule has 0 spiro atoms. The lowest BCUT2D eigenvalue weighted by atomic mass is 10.2. The van der Waals surface area contributed by atoms with Crippen LogP contribution in [0, 0.1) is 0 Å². The zero-order chi connectivity index (χ0) is 14.4. The summed E-state index contributed by atoms with van der Waals surface area (Å²) in [6.07, 6.45) is 3.04. The van der Waals surface area contributed by atoms with Crippen molar-refractivity contribution in [3.63, 3.8) is 0 Å². The van der Waals surface area contributed by atoms with E-state index in [1.165, 1.54) is 13.0 Å². The van der Waals surface area contributed by atoms with Crippen molar-refractivity contribution in [3.8, 4) is 5.75 Å². The molecule has 2 atom stereocenters. The maximum atomic E-state index is 5.92. The second-order valence-electron chi connectivity index (χ2n) is 5.68. The number of hydrogen-bond acceptors (Lipinski definition) is 2. The van der Waals surface area contributed by atoms with Crippen LogP contribution in [-0.2, 0) is 4.74 Å². The van der Waals surface area contributed by atoms with Crippen molar-refractivity contribution in [3.05, 3.63) is 29.3 Å². The molecule has 3 nitrogen and oxygen atoms in total. The molecule has 1 aliphatic heterocycles. The molecule has 2 rings (SSSR count). The van der Waals surface area contributed by atoms with E-state index in [0.717, 1.165) is 36.9 Å². The van der Waals surface area contributed by atoms with Gasteiger partial charge in [0.25, 0.3) is 0 Å². The van der Waals surface area contributed by atoms with E-state index >= 15 is 0 Å². The molecule has 1 aromatic rings. The fraction of sp³-hybridized carbons (Fsp3) is 0.625. The minimum atomic E-state index is 0.386. The Morgan fingerprint density at radius 3 is 2.70 bits per heavy atom. The molecule has 0 radical (unpaired) electrons. The number of halogens is 1. The third-order valence-corrected chi connectivity index (χ3v) is 3.84. The Hall–Kier alpha value is -0.770. The predicted molar refractivity (Wildman–Crippen MR) is 81.8 cm³/mol. The quantitative estimate of drug-likeness (QED) is 0.814. The van der Waals surface area contributed by atoms with Crippen LogP contribution in [0.3, 0.4) is 0 Å². The summed E-state index contributed by atoms with van der Waals surface area (Å²) in [5.41, 5.74) is 0. The predicted octanol–water partition coefficient (Wildman–Crippen LogP) is 2.19. The van der Waals surface area contributed by atoms with Crippen molar-refractivity contribution in [2.24, 2.45) is 0 Å². The first-order valence-corrected chi connectivity index (χ1v) is 7.88. The third-order valence-electron chi connectivity index (χ3n) is 3.61. The Morgan fingerprint density at radius 2 is 2.00 bits per heavy atom. The lowest BCUT2D eigenvalue weighted by Gasteiger charge is -2.32. The largest absolute Gasteiger partial charge is 0.494 e. The van der Waals surface area contributed by atoms with Crippen LogP contribution in [0.15, 0.2) is 24.3 Å². The summed E-state index contributed by atoms with van der Waals surface area (Å²) in [4.78, 5) is 1.65. The molecule has 4 heteroatoms. The normalized spacial score (nSPS) is 26.4. The Labute approximate surface area is 126 Å². The average molecular weight is 299 g/mol. The van der Waals surface area contributed by atoms with Crippen LogP contribution in [0.5, 0.6) is 5.75 Å². The summed E-state index contributed by atoms with van der Waals surface area (Å²) in [5, 5.41) is 0.725. The van der Waals surface area contributed by atoms with Crippen molar-refractivity contribution in [1.82, 2.24) is 0 Å². The zero-order valence-electron chi connectivity index (χ0n) is 12.4. The lowest BCUT2D eigenvalue weighted by molar-refractivity contribution is -0.915. The second-order valence-corrected chi connectivity index (χ2v) is 6.11. The summed E-state index contributed by atoms with van der Waals surface area (Å²) in [5.74, 6) is 0.860. The first-order chi connectivity index (χ1) is 9.63. The fourth-order valence-corrected chi connectivity index (χ4v) is 3.00. The molecule has 112 valence electrons. The molecule has 0 aromatic heterocycles. The number of benzene rings is 1. The molecule has 20 heavy (non-hydrogen) atoms. The first-order valence-electron chi connectivity index (χ1n) is 7.51. The van der Waals surface area contributed by atoms with E-state index in [1.54, 1.807) is 4.90 Å². The molecule has 0 saturated carbocycles. The van der Waals surface area contributed by atoms with Gasteiger partial charge in [0, 0.05) is 5.02 Å². The number of morpholine rings is 1. The van der Waals surface area contributed by atoms with Gasteiger partial charge in [0.15, 0.2) is 0 Å². The molecule has 1 N–H and O–H groups in total. The van der Waals surface area contributed by atoms with Gasteiger partial charge in [-0.25, -0.2) is 0 Å². The molecule has 0 bridgehead atoms. The number of quaternary nitrogens is 1. The SMILES string of the molecule is C[C@@H]1C[NH+](CCCCOc2cccc(Cl)c2)C[C@@H](C)O1. The number of rotatable bonds is 6. The summed E-state index contributed by atoms with van der Waals surface area (Å²) in [6, 6.07) is 7.58. The van der Waals surface area contributed by atoms with E-state index in [9.17, 15) is 0 Å². The minimum absolute atomic E-state index is 0.386. The van der Waals surface area contributed by atoms with Crippen LogP contribution in [0.4, 0.5) is 0 Å². The van der Waals surface area contributed by atoms with E-state index in [2.05, 4.69) is 13.8 Å². The molecular formula is C16H25ClNO2+. The molecule has 0 aliphatic carbocycles. The third kappa shape index (κ3) is 5.31. The van der Waals surface area contributed by atoms with Crippen LogP contribution in [0.2, 0.25) is 5.02 Å². The topological polar surface area (TPSA) is 22.9 Å². The van der Waals surface area contributed by atoms with Gasteiger partial charge in [0.1, 0.15) is 31.0 Å². The molecule has 1 saturated heterocycles. The summed E-state index contributed by atoms with van der Waals surface area (Å²) in [7, 11) is 0. The van der Waals surface area contributed by atoms with E-state index in [-0.39, 0.29) is 0 Å². The highest BCUT2D eigenvalue weighted by Crippen LogP contribution is 2.17. The van der Waals surface area contributed by atoms with Gasteiger partial charge in [-0.2, -0.15) is 0 Å². The monoisotopic (exact) mass is 298 g/mol. The maximum absolute atomic E-state index is 5.92. The van der Waals surface area contributed by atoms with Gasteiger partial charge < -0.3 is 14.4 Å². The second kappa shape index (κ2) is 7.87. The number of unbranched alkanes of at least 4 members (excludes halogenated alkanes) is 1. The van der Waals surface area contributed by atoms with Gasteiger partial charge in [-0.3, -0.25) is 0 Å². The Bertz CT molecular complexity index is 403. The lowest BCUT2D eigenvalue weighted by Crippen LogP contribution is -3.15. The van der Waals surface area contributed by atoms with Crippen molar-refractivity contribution in [2.45, 2.75) is 38.9 Å². The van der Waals surface area contributed by atoms with Gasteiger partial charge in [0.05, 0.1) is 13.2 Å². The number of ether oxygens (including phenoxy) is 2. The Kier molecular flexibility index (Phi) is 6.14. The highest BCUT2D eigenvalue weighted by Gasteiger charge is 2.24. The van der Waals surface area contributed by atoms with Crippen LogP contribution < -0.4 is 9.64 Å². The minimum Gasteiger partial charge on any atom is -0.494 e. The molecule has 1 aliphatic rings. The average Bonchev–Trinajstić information content (AvgIpc) is 2.37. The fourth-order valence-electron chi connectivity index (χ4n) is 2.82. The Morgan fingerprint density at radius 1 is 1.25 bits per heavy atom. The van der Waals surface area contributed by atoms with Crippen LogP contribution in [0.1, 0.15) is 26.7 Å². The van der Waals surface area contributed by atoms with Crippen molar-refractivity contribution in [2.75, 3.05) is 26.2 Å². The summed E-state index contributed by atoms with van der Waals surface area (Å²) in [6.45, 7) is 8.54. The van der Waals surface area contributed by atoms with Gasteiger partial charge in [-0.05, 0) is 44.9 Å². The van der Waals surface area contributed by atoms with Crippen molar-refractivity contribution in [1.29, 1.82) is 0 Å². The number of hydrogen-bond donors (Lipinski definition) is 1. The van der Waals surface area contributed by atoms with Gasteiger partial charge in [-0.15, -0.1) is 0 Å². The smallest absolute Gasteiger partial charge is 0.120 e. The van der Waals surface area contributed by atoms with Gasteiger partial charge in [-0.1, -0.05) is 17.7 Å². The van der Waals surface area contributed by atoms with Crippen molar-refractivity contribution >= 4 is 11.6 Å². The molecule has 0 amide bonds. The molecule has 1 heterocycles. The van der Waals surface area contributed by atoms with Crippen LogP contribution >= 0.6 is 11.6 Å². The van der Waals surface area contributed by atoms with E-state index < -0.39 is 0 Å². The summed E-state index contributed by atoms with van der Waals surface area (Å²) < 4.78 is 11.5. The molecule has 1 fully saturated rings. The van der Waals surface area contributed by atoms with Crippen LogP contribution in [-0.4, -0.2) is 38.4 Å².